The molecule has 0 saturated heterocycles. The number of carbonyl (C=O) groups excluding carboxylic acids is 1. The molecule has 110 valence electrons. The maximum Gasteiger partial charge on any atom is 0.258 e. The van der Waals surface area contributed by atoms with E-state index in [9.17, 15) is 4.79 Å². The first-order valence-electron chi connectivity index (χ1n) is 6.58. The van der Waals surface area contributed by atoms with Crippen molar-refractivity contribution < 1.29 is 4.79 Å². The lowest BCUT2D eigenvalue weighted by Crippen LogP contribution is -2.12. The van der Waals surface area contributed by atoms with Crippen molar-refractivity contribution in [3.05, 3.63) is 59.7 Å². The molecule has 0 spiro atoms. The SMILES string of the molecule is CSc1ccccc1C(=O)Nc1nc(-c2ccncc2)cs1. The third-order valence-corrected chi connectivity index (χ3v) is 4.61. The van der Waals surface area contributed by atoms with Crippen LogP contribution in [-0.2, 0) is 0 Å². The van der Waals surface area contributed by atoms with Crippen molar-refractivity contribution in [1.82, 2.24) is 9.97 Å². The van der Waals surface area contributed by atoms with Gasteiger partial charge in [-0.3, -0.25) is 15.1 Å². The van der Waals surface area contributed by atoms with Crippen molar-refractivity contribution in [2.45, 2.75) is 4.90 Å². The van der Waals surface area contributed by atoms with Crippen LogP contribution in [-0.4, -0.2) is 22.1 Å². The highest BCUT2D eigenvalue weighted by molar-refractivity contribution is 7.98. The fourth-order valence-corrected chi connectivity index (χ4v) is 3.29. The fraction of sp³-hybridized carbons (Fsp3) is 0.0625. The molecule has 0 fully saturated rings. The molecule has 0 unspecified atom stereocenters. The van der Waals surface area contributed by atoms with Gasteiger partial charge in [0.25, 0.3) is 5.91 Å². The standard InChI is InChI=1S/C16H13N3OS2/c1-21-14-5-3-2-4-12(14)15(20)19-16-18-13(10-22-16)11-6-8-17-9-7-11/h2-10H,1H3,(H,18,19,20). The lowest BCUT2D eigenvalue weighted by Gasteiger charge is -2.06. The van der Waals surface area contributed by atoms with Crippen molar-refractivity contribution >= 4 is 34.1 Å². The van der Waals surface area contributed by atoms with E-state index in [1.165, 1.54) is 11.3 Å². The lowest BCUT2D eigenvalue weighted by molar-refractivity contribution is 0.102. The van der Waals surface area contributed by atoms with E-state index in [1.807, 2.05) is 48.0 Å². The summed E-state index contributed by atoms with van der Waals surface area (Å²) in [7, 11) is 0. The molecule has 0 aliphatic heterocycles. The quantitative estimate of drug-likeness (QED) is 0.730. The normalized spacial score (nSPS) is 10.4. The van der Waals surface area contributed by atoms with Gasteiger partial charge in [0.1, 0.15) is 0 Å². The maximum absolute atomic E-state index is 12.4. The Hall–Kier alpha value is -2.18. The van der Waals surface area contributed by atoms with E-state index >= 15 is 0 Å². The van der Waals surface area contributed by atoms with Gasteiger partial charge in [0.15, 0.2) is 5.13 Å². The minimum Gasteiger partial charge on any atom is -0.298 e. The Morgan fingerprint density at radius 2 is 1.95 bits per heavy atom. The number of pyridine rings is 1. The minimum atomic E-state index is -0.138. The van der Waals surface area contributed by atoms with Crippen molar-refractivity contribution in [2.75, 3.05) is 11.6 Å². The zero-order chi connectivity index (χ0) is 15.4. The summed E-state index contributed by atoms with van der Waals surface area (Å²) in [5.74, 6) is -0.138. The predicted octanol–water partition coefficient (Wildman–Crippen LogP) is 4.18. The highest BCUT2D eigenvalue weighted by Crippen LogP contribution is 2.26. The Morgan fingerprint density at radius 1 is 1.18 bits per heavy atom. The summed E-state index contributed by atoms with van der Waals surface area (Å²) in [6.07, 6.45) is 5.40. The lowest BCUT2D eigenvalue weighted by atomic mass is 10.2. The summed E-state index contributed by atoms with van der Waals surface area (Å²) in [6.45, 7) is 0. The highest BCUT2D eigenvalue weighted by Gasteiger charge is 2.12. The predicted molar refractivity (Wildman–Crippen MR) is 91.5 cm³/mol. The van der Waals surface area contributed by atoms with Gasteiger partial charge in [-0.25, -0.2) is 4.98 Å². The van der Waals surface area contributed by atoms with Crippen LogP contribution in [0.25, 0.3) is 11.3 Å². The molecule has 2 aromatic heterocycles. The van der Waals surface area contributed by atoms with Gasteiger partial charge in [0.05, 0.1) is 11.3 Å². The van der Waals surface area contributed by atoms with E-state index in [0.29, 0.717) is 10.7 Å². The number of thiazole rings is 1. The molecule has 2 heterocycles. The number of hydrogen-bond donors (Lipinski definition) is 1. The second-order valence-corrected chi connectivity index (χ2v) is 6.13. The van der Waals surface area contributed by atoms with Crippen LogP contribution >= 0.6 is 23.1 Å². The summed E-state index contributed by atoms with van der Waals surface area (Å²) >= 11 is 2.96. The number of carbonyl (C=O) groups is 1. The average Bonchev–Trinajstić information content (AvgIpc) is 3.04. The number of benzene rings is 1. The van der Waals surface area contributed by atoms with Crippen LogP contribution < -0.4 is 5.32 Å². The maximum atomic E-state index is 12.4. The Morgan fingerprint density at radius 3 is 2.73 bits per heavy atom. The van der Waals surface area contributed by atoms with Crippen molar-refractivity contribution in [1.29, 1.82) is 0 Å². The first-order valence-corrected chi connectivity index (χ1v) is 8.68. The number of nitrogens with one attached hydrogen (secondary N) is 1. The summed E-state index contributed by atoms with van der Waals surface area (Å²) in [4.78, 5) is 21.8. The van der Waals surface area contributed by atoms with Crippen LogP contribution in [0.2, 0.25) is 0 Å². The van der Waals surface area contributed by atoms with Crippen LogP contribution in [0.3, 0.4) is 0 Å². The fourth-order valence-electron chi connectivity index (χ4n) is 1.98. The molecule has 0 bridgehead atoms. The third-order valence-electron chi connectivity index (χ3n) is 3.05. The first-order chi connectivity index (χ1) is 10.8. The molecular formula is C16H13N3OS2. The van der Waals surface area contributed by atoms with Gasteiger partial charge in [0.2, 0.25) is 0 Å². The molecule has 22 heavy (non-hydrogen) atoms. The van der Waals surface area contributed by atoms with Gasteiger partial charge in [-0.2, -0.15) is 0 Å². The first kappa shape index (κ1) is 14.7. The van der Waals surface area contributed by atoms with E-state index in [2.05, 4.69) is 15.3 Å². The number of aromatic nitrogens is 2. The van der Waals surface area contributed by atoms with Gasteiger partial charge >= 0.3 is 0 Å². The van der Waals surface area contributed by atoms with Crippen LogP contribution in [0.15, 0.2) is 59.1 Å². The molecule has 1 amide bonds. The van der Waals surface area contributed by atoms with Crippen LogP contribution in [0.5, 0.6) is 0 Å². The van der Waals surface area contributed by atoms with Gasteiger partial charge in [-0.05, 0) is 30.5 Å². The molecule has 1 aromatic carbocycles. The molecular weight excluding hydrogens is 314 g/mol. The monoisotopic (exact) mass is 327 g/mol. The largest absolute Gasteiger partial charge is 0.298 e. The van der Waals surface area contributed by atoms with Crippen molar-refractivity contribution in [2.24, 2.45) is 0 Å². The topological polar surface area (TPSA) is 54.9 Å². The van der Waals surface area contributed by atoms with E-state index in [4.69, 9.17) is 0 Å². The van der Waals surface area contributed by atoms with Crippen LogP contribution in [0.4, 0.5) is 5.13 Å². The molecule has 1 N–H and O–H groups in total. The molecule has 0 radical (unpaired) electrons. The van der Waals surface area contributed by atoms with Crippen LogP contribution in [0.1, 0.15) is 10.4 Å². The zero-order valence-corrected chi connectivity index (χ0v) is 13.4. The molecule has 4 nitrogen and oxygen atoms in total. The molecule has 0 saturated carbocycles. The van der Waals surface area contributed by atoms with Gasteiger partial charge in [-0.15, -0.1) is 23.1 Å². The van der Waals surface area contributed by atoms with E-state index < -0.39 is 0 Å². The molecule has 0 atom stereocenters. The van der Waals surface area contributed by atoms with Crippen LogP contribution in [0, 0.1) is 0 Å². The molecule has 3 rings (SSSR count). The summed E-state index contributed by atoms with van der Waals surface area (Å²) in [5, 5.41) is 5.38. The zero-order valence-electron chi connectivity index (χ0n) is 11.8. The number of thioether (sulfide) groups is 1. The van der Waals surface area contributed by atoms with Gasteiger partial charge in [-0.1, -0.05) is 12.1 Å². The summed E-state index contributed by atoms with van der Waals surface area (Å²) in [5.41, 5.74) is 2.48. The Labute approximate surface area is 136 Å². The smallest absolute Gasteiger partial charge is 0.258 e. The second-order valence-electron chi connectivity index (χ2n) is 4.43. The van der Waals surface area contributed by atoms with E-state index in [0.717, 1.165) is 16.2 Å². The molecule has 3 aromatic rings. The average molecular weight is 327 g/mol. The number of anilines is 1. The number of nitrogens with zero attached hydrogens (tertiary/aromatic N) is 2. The summed E-state index contributed by atoms with van der Waals surface area (Å²) in [6, 6.07) is 11.3. The Balaban J connectivity index is 1.79. The van der Waals surface area contributed by atoms with Crippen molar-refractivity contribution in [3.8, 4) is 11.3 Å². The van der Waals surface area contributed by atoms with E-state index in [-0.39, 0.29) is 5.91 Å². The highest BCUT2D eigenvalue weighted by atomic mass is 32.2. The van der Waals surface area contributed by atoms with Crippen molar-refractivity contribution in [3.63, 3.8) is 0 Å². The number of amides is 1. The molecule has 0 aliphatic carbocycles. The molecule has 0 aliphatic rings. The Kier molecular flexibility index (Phi) is 4.50. The second kappa shape index (κ2) is 6.72. The Bertz CT molecular complexity index is 787. The molecule has 6 heteroatoms. The van der Waals surface area contributed by atoms with Gasteiger partial charge in [0, 0.05) is 28.2 Å². The minimum absolute atomic E-state index is 0.138. The van der Waals surface area contributed by atoms with E-state index in [1.54, 1.807) is 24.2 Å². The third kappa shape index (κ3) is 3.18. The number of hydrogen-bond acceptors (Lipinski definition) is 5. The van der Waals surface area contributed by atoms with Gasteiger partial charge < -0.3 is 0 Å². The number of rotatable bonds is 4. The summed E-state index contributed by atoms with van der Waals surface area (Å²) < 4.78 is 0.